The lowest BCUT2D eigenvalue weighted by molar-refractivity contribution is -0.0214. The Kier molecular flexibility index (Phi) is 4.28. The molecular weight excluding hydrogens is 348 g/mol. The zero-order valence-corrected chi connectivity index (χ0v) is 14.4. The Morgan fingerprint density at radius 2 is 2.00 bits per heavy atom. The first kappa shape index (κ1) is 17.1. The molecule has 27 heavy (non-hydrogen) atoms. The largest absolute Gasteiger partial charge is 0.507 e. The van der Waals surface area contributed by atoms with Crippen molar-refractivity contribution in [1.82, 2.24) is 30.1 Å². The molecule has 0 spiro atoms. The van der Waals surface area contributed by atoms with E-state index in [0.717, 1.165) is 5.56 Å². The zero-order valence-electron chi connectivity index (χ0n) is 14.4. The number of likely N-dealkylation sites (tertiary alicyclic amines) is 1. The number of benzene rings is 1. The van der Waals surface area contributed by atoms with E-state index in [2.05, 4.69) is 20.5 Å². The van der Waals surface area contributed by atoms with E-state index in [-0.39, 0.29) is 17.2 Å². The summed E-state index contributed by atoms with van der Waals surface area (Å²) in [7, 11) is 0. The van der Waals surface area contributed by atoms with Crippen LogP contribution in [0, 0.1) is 0 Å². The van der Waals surface area contributed by atoms with Crippen molar-refractivity contribution in [3.63, 3.8) is 0 Å². The number of aromatic nitrogens is 5. The van der Waals surface area contributed by atoms with Crippen LogP contribution in [-0.4, -0.2) is 59.3 Å². The Morgan fingerprint density at radius 1 is 1.19 bits per heavy atom. The molecule has 0 bridgehead atoms. The van der Waals surface area contributed by atoms with Crippen molar-refractivity contribution in [2.24, 2.45) is 0 Å². The first-order valence-electron chi connectivity index (χ1n) is 8.55. The summed E-state index contributed by atoms with van der Waals surface area (Å²) in [6.45, 7) is 0.775. The molecular formula is C18H18N6O3. The lowest BCUT2D eigenvalue weighted by Crippen LogP contribution is -2.45. The summed E-state index contributed by atoms with van der Waals surface area (Å²) in [5, 5.41) is 32.0. The number of hydrogen-bond donors (Lipinski definition) is 2. The fourth-order valence-electron chi connectivity index (χ4n) is 3.30. The molecule has 1 fully saturated rings. The molecule has 1 aromatic carbocycles. The summed E-state index contributed by atoms with van der Waals surface area (Å²) in [6, 6.07) is 8.29. The van der Waals surface area contributed by atoms with Gasteiger partial charge in [-0.25, -0.2) is 4.68 Å². The van der Waals surface area contributed by atoms with E-state index in [1.807, 2.05) is 6.07 Å². The highest BCUT2D eigenvalue weighted by Crippen LogP contribution is 2.33. The molecule has 2 aromatic heterocycles. The highest BCUT2D eigenvalue weighted by atomic mass is 16.3. The quantitative estimate of drug-likeness (QED) is 0.707. The van der Waals surface area contributed by atoms with Crippen LogP contribution < -0.4 is 0 Å². The Morgan fingerprint density at radius 3 is 2.63 bits per heavy atom. The van der Waals surface area contributed by atoms with E-state index in [1.54, 1.807) is 35.5 Å². The molecule has 1 amide bonds. The predicted molar refractivity (Wildman–Crippen MR) is 94.1 cm³/mol. The molecule has 0 aliphatic carbocycles. The minimum absolute atomic E-state index is 0.138. The Labute approximate surface area is 154 Å². The van der Waals surface area contributed by atoms with Gasteiger partial charge in [0.05, 0.1) is 16.9 Å². The van der Waals surface area contributed by atoms with Crippen LogP contribution in [-0.2, 0) is 5.60 Å². The van der Waals surface area contributed by atoms with Crippen molar-refractivity contribution in [3.8, 4) is 11.4 Å². The van der Waals surface area contributed by atoms with Gasteiger partial charge < -0.3 is 15.1 Å². The van der Waals surface area contributed by atoms with Gasteiger partial charge in [0.2, 0.25) is 0 Å². The van der Waals surface area contributed by atoms with Crippen molar-refractivity contribution in [1.29, 1.82) is 0 Å². The number of phenolic OH excluding ortho intramolecular Hbond substituents is 1. The maximum atomic E-state index is 12.8. The van der Waals surface area contributed by atoms with Crippen LogP contribution in [0.2, 0.25) is 0 Å². The zero-order chi connectivity index (χ0) is 18.9. The second kappa shape index (κ2) is 6.76. The highest BCUT2D eigenvalue weighted by Gasteiger charge is 2.36. The Hall–Kier alpha value is -3.33. The van der Waals surface area contributed by atoms with Gasteiger partial charge in [-0.3, -0.25) is 9.78 Å². The van der Waals surface area contributed by atoms with Crippen molar-refractivity contribution in [2.75, 3.05) is 13.1 Å². The second-order valence-corrected chi connectivity index (χ2v) is 6.52. The summed E-state index contributed by atoms with van der Waals surface area (Å²) >= 11 is 0. The minimum Gasteiger partial charge on any atom is -0.507 e. The van der Waals surface area contributed by atoms with Gasteiger partial charge in [-0.2, -0.15) is 0 Å². The van der Waals surface area contributed by atoms with Gasteiger partial charge in [0.25, 0.3) is 5.91 Å². The minimum atomic E-state index is -0.989. The number of piperidine rings is 1. The van der Waals surface area contributed by atoms with E-state index in [9.17, 15) is 15.0 Å². The van der Waals surface area contributed by atoms with Crippen molar-refractivity contribution < 1.29 is 15.0 Å². The molecule has 0 atom stereocenters. The molecule has 9 nitrogen and oxygen atoms in total. The molecule has 4 rings (SSSR count). The molecule has 0 saturated carbocycles. The molecule has 0 radical (unpaired) electrons. The number of aromatic hydroxyl groups is 1. The van der Waals surface area contributed by atoms with Gasteiger partial charge in [-0.15, -0.1) is 5.10 Å². The number of rotatable bonds is 3. The molecule has 1 aliphatic heterocycles. The number of phenols is 1. The lowest BCUT2D eigenvalue weighted by atomic mass is 9.85. The van der Waals surface area contributed by atoms with Gasteiger partial charge in [0.15, 0.2) is 0 Å². The molecule has 1 saturated heterocycles. The molecule has 3 aromatic rings. The number of tetrazole rings is 1. The average molecular weight is 366 g/mol. The van der Waals surface area contributed by atoms with Gasteiger partial charge in [-0.1, -0.05) is 6.07 Å². The van der Waals surface area contributed by atoms with E-state index < -0.39 is 5.60 Å². The fraction of sp³-hybridized carbons (Fsp3) is 0.278. The average Bonchev–Trinajstić information content (AvgIpc) is 3.24. The third-order valence-corrected chi connectivity index (χ3v) is 4.90. The van der Waals surface area contributed by atoms with Crippen LogP contribution in [0.15, 0.2) is 49.1 Å². The number of amides is 1. The predicted octanol–water partition coefficient (Wildman–Crippen LogP) is 0.887. The molecule has 1 aliphatic rings. The molecule has 3 heterocycles. The third-order valence-electron chi connectivity index (χ3n) is 4.90. The number of carbonyl (C=O) groups excluding carboxylic acids is 1. The van der Waals surface area contributed by atoms with E-state index in [0.29, 0.717) is 31.6 Å². The fourth-order valence-corrected chi connectivity index (χ4v) is 3.30. The van der Waals surface area contributed by atoms with Crippen LogP contribution in [0.25, 0.3) is 5.69 Å². The number of nitrogens with zero attached hydrogens (tertiary/aromatic N) is 6. The van der Waals surface area contributed by atoms with Crippen LogP contribution in [0.1, 0.15) is 28.8 Å². The summed E-state index contributed by atoms with van der Waals surface area (Å²) in [5.74, 6) is -0.412. The number of pyridine rings is 1. The Bertz CT molecular complexity index is 937. The number of carbonyl (C=O) groups is 1. The maximum absolute atomic E-state index is 12.8. The summed E-state index contributed by atoms with van der Waals surface area (Å²) in [4.78, 5) is 18.5. The van der Waals surface area contributed by atoms with E-state index in [4.69, 9.17) is 0 Å². The monoisotopic (exact) mass is 366 g/mol. The van der Waals surface area contributed by atoms with E-state index >= 15 is 0 Å². The lowest BCUT2D eigenvalue weighted by Gasteiger charge is -2.38. The first-order valence-corrected chi connectivity index (χ1v) is 8.55. The van der Waals surface area contributed by atoms with Crippen LogP contribution in [0.4, 0.5) is 0 Å². The van der Waals surface area contributed by atoms with Gasteiger partial charge in [-0.05, 0) is 41.5 Å². The molecule has 2 N–H and O–H groups in total. The van der Waals surface area contributed by atoms with Gasteiger partial charge >= 0.3 is 0 Å². The van der Waals surface area contributed by atoms with Crippen LogP contribution in [0.5, 0.6) is 5.75 Å². The van der Waals surface area contributed by atoms with Gasteiger partial charge in [0, 0.05) is 37.1 Å². The normalized spacial score (nSPS) is 16.3. The molecule has 9 heteroatoms. The van der Waals surface area contributed by atoms with E-state index in [1.165, 1.54) is 17.1 Å². The van der Waals surface area contributed by atoms with Gasteiger partial charge in [0.1, 0.15) is 12.1 Å². The first-order chi connectivity index (χ1) is 13.1. The maximum Gasteiger partial charge on any atom is 0.257 e. The standard InChI is InChI=1S/C18H18N6O3/c25-16-10-14(24-12-20-21-22-24)3-4-15(16)17(26)23-8-5-18(27,6-9-23)13-2-1-7-19-11-13/h1-4,7,10-12,25,27H,5-6,8-9H2. The third kappa shape index (κ3) is 3.24. The van der Waals surface area contributed by atoms with Crippen molar-refractivity contribution in [3.05, 3.63) is 60.2 Å². The number of aliphatic hydroxyl groups is 1. The Balaban J connectivity index is 1.48. The van der Waals surface area contributed by atoms with Crippen LogP contribution >= 0.6 is 0 Å². The summed E-state index contributed by atoms with van der Waals surface area (Å²) in [6.07, 6.45) is 5.54. The number of hydrogen-bond acceptors (Lipinski definition) is 7. The smallest absolute Gasteiger partial charge is 0.257 e. The van der Waals surface area contributed by atoms with Crippen LogP contribution in [0.3, 0.4) is 0 Å². The van der Waals surface area contributed by atoms with Crippen molar-refractivity contribution >= 4 is 5.91 Å². The molecule has 138 valence electrons. The summed E-state index contributed by atoms with van der Waals surface area (Å²) in [5.41, 5.74) is 0.528. The topological polar surface area (TPSA) is 117 Å². The SMILES string of the molecule is O=C(c1ccc(-n2cnnn2)cc1O)N1CCC(O)(c2cccnc2)CC1. The highest BCUT2D eigenvalue weighted by molar-refractivity contribution is 5.97. The van der Waals surface area contributed by atoms with Crippen molar-refractivity contribution in [2.45, 2.75) is 18.4 Å². The summed E-state index contributed by atoms with van der Waals surface area (Å²) < 4.78 is 1.39. The molecule has 0 unspecified atom stereocenters. The second-order valence-electron chi connectivity index (χ2n) is 6.52.